The van der Waals surface area contributed by atoms with E-state index >= 15 is 0 Å². The molecule has 9 heteroatoms. The number of aromatic amines is 1. The number of ether oxygens (including phenoxy) is 1. The van der Waals surface area contributed by atoms with Crippen LogP contribution in [0, 0.1) is 0 Å². The fraction of sp³-hybridized carbons (Fsp3) is 0.240. The van der Waals surface area contributed by atoms with E-state index in [4.69, 9.17) is 4.74 Å². The Balaban J connectivity index is 1.49. The first-order valence-electron chi connectivity index (χ1n) is 10.9. The number of aromatic nitrogens is 3. The summed E-state index contributed by atoms with van der Waals surface area (Å²) in [6.45, 7) is 5.29. The predicted molar refractivity (Wildman–Crippen MR) is 130 cm³/mol. The first-order valence-corrected chi connectivity index (χ1v) is 10.9. The number of alkyl carbamates (subject to hydrolysis) is 1. The molecule has 34 heavy (non-hydrogen) atoms. The standard InChI is InChI=1S/C25H26N6O3/c1-25(2,3)34-24(33)30-22(13-17-15-28-19-7-5-4-6-18(17)19)23(32)31-29-14-16-8-9-20-21(12-16)27-11-10-26-20/h4-12,14-15,22,28H,13H2,1-3H3,(H,30,33)(H,31,32)/b29-14-/t22-/m1/s1. The minimum atomic E-state index is -0.895. The molecule has 0 radical (unpaired) electrons. The van der Waals surface area contributed by atoms with Gasteiger partial charge < -0.3 is 15.0 Å². The Labute approximate surface area is 196 Å². The zero-order chi connectivity index (χ0) is 24.1. The monoisotopic (exact) mass is 458 g/mol. The average Bonchev–Trinajstić information content (AvgIpc) is 3.20. The molecule has 2 aromatic heterocycles. The van der Waals surface area contributed by atoms with E-state index < -0.39 is 23.6 Å². The van der Waals surface area contributed by atoms with Crippen molar-refractivity contribution in [3.05, 3.63) is 72.2 Å². The van der Waals surface area contributed by atoms with E-state index in [1.54, 1.807) is 33.2 Å². The summed E-state index contributed by atoms with van der Waals surface area (Å²) in [5.74, 6) is -0.465. The third-order valence-corrected chi connectivity index (χ3v) is 4.99. The number of hydrogen-bond acceptors (Lipinski definition) is 6. The van der Waals surface area contributed by atoms with Crippen LogP contribution in [-0.2, 0) is 16.0 Å². The fourth-order valence-corrected chi connectivity index (χ4v) is 3.49. The van der Waals surface area contributed by atoms with E-state index in [2.05, 4.69) is 30.8 Å². The van der Waals surface area contributed by atoms with Crippen LogP contribution in [0.4, 0.5) is 4.79 Å². The first kappa shape index (κ1) is 22.9. The second-order valence-corrected chi connectivity index (χ2v) is 8.80. The van der Waals surface area contributed by atoms with Crippen LogP contribution in [0.25, 0.3) is 21.9 Å². The number of rotatable bonds is 6. The van der Waals surface area contributed by atoms with E-state index in [9.17, 15) is 9.59 Å². The van der Waals surface area contributed by atoms with Gasteiger partial charge in [0.05, 0.1) is 17.2 Å². The number of carbonyl (C=O) groups excluding carboxylic acids is 2. The highest BCUT2D eigenvalue weighted by Gasteiger charge is 2.25. The lowest BCUT2D eigenvalue weighted by Crippen LogP contribution is -2.48. The number of nitrogens with one attached hydrogen (secondary N) is 3. The maximum atomic E-state index is 13.0. The molecule has 0 aliphatic rings. The summed E-state index contributed by atoms with van der Waals surface area (Å²) in [5.41, 5.74) is 5.92. The summed E-state index contributed by atoms with van der Waals surface area (Å²) in [5, 5.41) is 7.72. The number of fused-ring (bicyclic) bond motifs is 2. The highest BCUT2D eigenvalue weighted by Crippen LogP contribution is 2.19. The summed E-state index contributed by atoms with van der Waals surface area (Å²) in [7, 11) is 0. The van der Waals surface area contributed by atoms with Crippen LogP contribution < -0.4 is 10.7 Å². The molecule has 0 spiro atoms. The molecule has 0 bridgehead atoms. The largest absolute Gasteiger partial charge is 0.444 e. The molecule has 9 nitrogen and oxygen atoms in total. The zero-order valence-electron chi connectivity index (χ0n) is 19.2. The van der Waals surface area contributed by atoms with Gasteiger partial charge in [0.1, 0.15) is 11.6 Å². The third-order valence-electron chi connectivity index (χ3n) is 4.99. The molecular formula is C25H26N6O3. The predicted octanol–water partition coefficient (Wildman–Crippen LogP) is 3.70. The van der Waals surface area contributed by atoms with Crippen molar-refractivity contribution in [1.29, 1.82) is 0 Å². The average molecular weight is 459 g/mol. The zero-order valence-corrected chi connectivity index (χ0v) is 19.2. The molecule has 4 aromatic rings. The van der Waals surface area contributed by atoms with Crippen molar-refractivity contribution >= 4 is 40.2 Å². The SMILES string of the molecule is CC(C)(C)OC(=O)N[C@H](Cc1c[nH]c2ccccc12)C(=O)N/N=C\c1ccc2nccnc2c1. The van der Waals surface area contributed by atoms with Crippen molar-refractivity contribution in [2.45, 2.75) is 38.8 Å². The molecule has 0 saturated carbocycles. The van der Waals surface area contributed by atoms with E-state index in [0.717, 1.165) is 33.1 Å². The quantitative estimate of drug-likeness (QED) is 0.300. The van der Waals surface area contributed by atoms with Crippen molar-refractivity contribution in [1.82, 2.24) is 25.7 Å². The molecule has 3 N–H and O–H groups in total. The topological polar surface area (TPSA) is 121 Å². The molecule has 0 unspecified atom stereocenters. The lowest BCUT2D eigenvalue weighted by atomic mass is 10.0. The van der Waals surface area contributed by atoms with Crippen LogP contribution in [0.3, 0.4) is 0 Å². The van der Waals surface area contributed by atoms with Gasteiger partial charge in [-0.3, -0.25) is 14.8 Å². The second kappa shape index (κ2) is 9.70. The van der Waals surface area contributed by atoms with Crippen LogP contribution in [0.5, 0.6) is 0 Å². The highest BCUT2D eigenvalue weighted by molar-refractivity contribution is 5.90. The maximum absolute atomic E-state index is 13.0. The van der Waals surface area contributed by atoms with Crippen LogP contribution in [0.1, 0.15) is 31.9 Å². The van der Waals surface area contributed by atoms with Gasteiger partial charge >= 0.3 is 6.09 Å². The molecular weight excluding hydrogens is 432 g/mol. The van der Waals surface area contributed by atoms with Gasteiger partial charge in [-0.2, -0.15) is 5.10 Å². The first-order chi connectivity index (χ1) is 16.3. The molecule has 4 rings (SSSR count). The van der Waals surface area contributed by atoms with Crippen molar-refractivity contribution in [3.63, 3.8) is 0 Å². The molecule has 0 aliphatic heterocycles. The van der Waals surface area contributed by atoms with Crippen LogP contribution in [0.2, 0.25) is 0 Å². The summed E-state index contributed by atoms with van der Waals surface area (Å²) >= 11 is 0. The lowest BCUT2D eigenvalue weighted by molar-refractivity contribution is -0.123. The lowest BCUT2D eigenvalue weighted by Gasteiger charge is -2.22. The van der Waals surface area contributed by atoms with Gasteiger partial charge in [-0.1, -0.05) is 24.3 Å². The Bertz CT molecular complexity index is 1360. The molecule has 2 amide bonds. The molecule has 2 heterocycles. The molecule has 0 saturated heterocycles. The number of H-pyrrole nitrogens is 1. The Hall–Kier alpha value is -4.27. The molecule has 0 fully saturated rings. The summed E-state index contributed by atoms with van der Waals surface area (Å²) < 4.78 is 5.35. The highest BCUT2D eigenvalue weighted by atomic mass is 16.6. The second-order valence-electron chi connectivity index (χ2n) is 8.80. The Morgan fingerprint density at radius 1 is 1.12 bits per heavy atom. The number of hydrazone groups is 1. The summed E-state index contributed by atoms with van der Waals surface area (Å²) in [6, 6.07) is 12.4. The number of para-hydroxylation sites is 1. The van der Waals surface area contributed by atoms with Gasteiger partial charge in [-0.25, -0.2) is 10.2 Å². The van der Waals surface area contributed by atoms with E-state index in [0.29, 0.717) is 0 Å². The van der Waals surface area contributed by atoms with Crippen molar-refractivity contribution in [3.8, 4) is 0 Å². The van der Waals surface area contributed by atoms with E-state index in [1.165, 1.54) is 6.21 Å². The Morgan fingerprint density at radius 3 is 2.68 bits per heavy atom. The maximum Gasteiger partial charge on any atom is 0.408 e. The number of hydrogen-bond donors (Lipinski definition) is 3. The smallest absolute Gasteiger partial charge is 0.408 e. The third kappa shape index (κ3) is 5.74. The normalized spacial score (nSPS) is 12.7. The molecule has 174 valence electrons. The van der Waals surface area contributed by atoms with Crippen LogP contribution in [0.15, 0.2) is 66.2 Å². The van der Waals surface area contributed by atoms with Gasteiger partial charge in [0.2, 0.25) is 0 Å². The van der Waals surface area contributed by atoms with Crippen molar-refractivity contribution in [2.24, 2.45) is 5.10 Å². The number of carbonyl (C=O) groups is 2. The Morgan fingerprint density at radius 2 is 1.88 bits per heavy atom. The minimum Gasteiger partial charge on any atom is -0.444 e. The minimum absolute atomic E-state index is 0.260. The summed E-state index contributed by atoms with van der Waals surface area (Å²) in [4.78, 5) is 37.1. The van der Waals surface area contributed by atoms with Crippen LogP contribution in [-0.4, -0.2) is 44.8 Å². The van der Waals surface area contributed by atoms with Crippen molar-refractivity contribution in [2.75, 3.05) is 0 Å². The molecule has 0 aliphatic carbocycles. The van der Waals surface area contributed by atoms with Crippen molar-refractivity contribution < 1.29 is 14.3 Å². The van der Waals surface area contributed by atoms with Gasteiger partial charge in [0.25, 0.3) is 5.91 Å². The molecule has 1 atom stereocenters. The van der Waals surface area contributed by atoms with Gasteiger partial charge in [0, 0.05) is 35.9 Å². The van der Waals surface area contributed by atoms with Gasteiger partial charge in [-0.15, -0.1) is 0 Å². The van der Waals surface area contributed by atoms with Gasteiger partial charge in [-0.05, 0) is 50.1 Å². The fourth-order valence-electron chi connectivity index (χ4n) is 3.49. The van der Waals surface area contributed by atoms with E-state index in [1.807, 2.05) is 48.7 Å². The number of amides is 2. The summed E-state index contributed by atoms with van der Waals surface area (Å²) in [6.07, 6.45) is 6.17. The van der Waals surface area contributed by atoms with Crippen LogP contribution >= 0.6 is 0 Å². The van der Waals surface area contributed by atoms with E-state index in [-0.39, 0.29) is 6.42 Å². The molecule has 2 aromatic carbocycles. The van der Waals surface area contributed by atoms with Gasteiger partial charge in [0.15, 0.2) is 0 Å². The Kier molecular flexibility index (Phi) is 6.53. The number of nitrogens with zero attached hydrogens (tertiary/aromatic N) is 3. The number of benzene rings is 2.